The summed E-state index contributed by atoms with van der Waals surface area (Å²) in [4.78, 5) is 22.7. The summed E-state index contributed by atoms with van der Waals surface area (Å²) < 4.78 is 10.0. The van der Waals surface area contributed by atoms with Crippen molar-refractivity contribution in [3.05, 3.63) is 12.2 Å². The summed E-state index contributed by atoms with van der Waals surface area (Å²) in [5.74, 6) is -1.22. The van der Waals surface area contributed by atoms with Gasteiger partial charge >= 0.3 is 11.9 Å². The minimum absolute atomic E-state index is 0.458. The van der Waals surface area contributed by atoms with Crippen molar-refractivity contribution in [3.63, 3.8) is 0 Å². The maximum atomic E-state index is 11.4. The Bertz CT molecular complexity index is 340. The number of esters is 2. The second kappa shape index (κ2) is 6.00. The standard InChI is InChI=1S/C13H20O5/c1-13(2,3)18-12(16)8-7-11(15)17-10-6-4-5-9(10)14/h7-10,14H,4-6H2,1-3H3/b8-7+/t9-,10-/m0/s1. The van der Waals surface area contributed by atoms with Crippen molar-refractivity contribution in [2.75, 3.05) is 0 Å². The van der Waals surface area contributed by atoms with Gasteiger partial charge in [0.05, 0.1) is 6.10 Å². The van der Waals surface area contributed by atoms with Crippen molar-refractivity contribution in [1.29, 1.82) is 0 Å². The molecule has 5 nitrogen and oxygen atoms in total. The lowest BCUT2D eigenvalue weighted by Gasteiger charge is -2.18. The number of hydrogen-bond acceptors (Lipinski definition) is 5. The van der Waals surface area contributed by atoms with Gasteiger partial charge in [0.1, 0.15) is 11.7 Å². The van der Waals surface area contributed by atoms with Crippen LogP contribution in [0.5, 0.6) is 0 Å². The molecule has 0 radical (unpaired) electrons. The first-order valence-corrected chi connectivity index (χ1v) is 6.08. The lowest BCUT2D eigenvalue weighted by Crippen LogP contribution is -2.25. The molecule has 2 atom stereocenters. The summed E-state index contributed by atoms with van der Waals surface area (Å²) in [5, 5.41) is 9.48. The Labute approximate surface area is 107 Å². The summed E-state index contributed by atoms with van der Waals surface area (Å²) in [6, 6.07) is 0. The molecule has 0 aromatic rings. The fraction of sp³-hybridized carbons (Fsp3) is 0.692. The third kappa shape index (κ3) is 5.31. The van der Waals surface area contributed by atoms with Crippen molar-refractivity contribution in [2.45, 2.75) is 57.8 Å². The minimum atomic E-state index is -0.633. The molecule has 1 saturated carbocycles. The molecule has 5 heteroatoms. The molecule has 0 unspecified atom stereocenters. The zero-order valence-electron chi connectivity index (χ0n) is 11.0. The van der Waals surface area contributed by atoms with E-state index in [9.17, 15) is 14.7 Å². The Balaban J connectivity index is 2.37. The molecule has 0 aromatic carbocycles. The summed E-state index contributed by atoms with van der Waals surface area (Å²) in [6.07, 6.45) is 3.16. The molecule has 0 heterocycles. The van der Waals surface area contributed by atoms with E-state index in [0.717, 1.165) is 18.6 Å². The van der Waals surface area contributed by atoms with E-state index in [4.69, 9.17) is 9.47 Å². The zero-order chi connectivity index (χ0) is 13.8. The van der Waals surface area contributed by atoms with E-state index in [1.54, 1.807) is 20.8 Å². The molecular weight excluding hydrogens is 236 g/mol. The quantitative estimate of drug-likeness (QED) is 0.609. The first-order valence-electron chi connectivity index (χ1n) is 6.08. The molecular formula is C13H20O5. The van der Waals surface area contributed by atoms with Crippen LogP contribution in [0.4, 0.5) is 0 Å². The van der Waals surface area contributed by atoms with Gasteiger partial charge in [-0.15, -0.1) is 0 Å². The number of carbonyl (C=O) groups excluding carboxylic acids is 2. The predicted octanol–water partition coefficient (Wildman–Crippen LogP) is 1.34. The summed E-state index contributed by atoms with van der Waals surface area (Å²) in [7, 11) is 0. The average Bonchev–Trinajstić information content (AvgIpc) is 2.59. The van der Waals surface area contributed by atoms with Crippen LogP contribution in [0.3, 0.4) is 0 Å². The van der Waals surface area contributed by atoms with E-state index in [1.807, 2.05) is 0 Å². The van der Waals surface area contributed by atoms with Crippen molar-refractivity contribution >= 4 is 11.9 Å². The molecule has 0 amide bonds. The van der Waals surface area contributed by atoms with Crippen LogP contribution in [0.2, 0.25) is 0 Å². The average molecular weight is 256 g/mol. The van der Waals surface area contributed by atoms with Crippen LogP contribution >= 0.6 is 0 Å². The van der Waals surface area contributed by atoms with Gasteiger partial charge in [0.2, 0.25) is 0 Å². The van der Waals surface area contributed by atoms with Crippen LogP contribution in [-0.4, -0.2) is 34.9 Å². The first-order chi connectivity index (χ1) is 8.28. The summed E-state index contributed by atoms with van der Waals surface area (Å²) in [5.41, 5.74) is -0.590. The van der Waals surface area contributed by atoms with E-state index in [-0.39, 0.29) is 0 Å². The molecule has 0 spiro atoms. The van der Waals surface area contributed by atoms with Crippen LogP contribution < -0.4 is 0 Å². The highest BCUT2D eigenvalue weighted by Crippen LogP contribution is 2.21. The third-order valence-corrected chi connectivity index (χ3v) is 2.45. The molecule has 18 heavy (non-hydrogen) atoms. The number of aliphatic hydroxyl groups is 1. The Morgan fingerprint density at radius 3 is 2.28 bits per heavy atom. The van der Waals surface area contributed by atoms with E-state index < -0.39 is 29.7 Å². The second-order valence-corrected chi connectivity index (χ2v) is 5.34. The fourth-order valence-corrected chi connectivity index (χ4v) is 1.70. The number of aliphatic hydroxyl groups excluding tert-OH is 1. The molecule has 0 bridgehead atoms. The van der Waals surface area contributed by atoms with Gasteiger partial charge in [-0.3, -0.25) is 0 Å². The molecule has 0 saturated heterocycles. The monoisotopic (exact) mass is 256 g/mol. The maximum Gasteiger partial charge on any atom is 0.331 e. The number of hydrogen-bond donors (Lipinski definition) is 1. The van der Waals surface area contributed by atoms with Gasteiger partial charge in [-0.1, -0.05) is 0 Å². The summed E-state index contributed by atoms with van der Waals surface area (Å²) >= 11 is 0. The van der Waals surface area contributed by atoms with Crippen molar-refractivity contribution in [1.82, 2.24) is 0 Å². The molecule has 1 rings (SSSR count). The van der Waals surface area contributed by atoms with Crippen LogP contribution in [0.25, 0.3) is 0 Å². The van der Waals surface area contributed by atoms with Crippen LogP contribution in [0.1, 0.15) is 40.0 Å². The van der Waals surface area contributed by atoms with Crippen molar-refractivity contribution < 1.29 is 24.2 Å². The van der Waals surface area contributed by atoms with Gasteiger partial charge in [-0.25, -0.2) is 9.59 Å². The van der Waals surface area contributed by atoms with E-state index >= 15 is 0 Å². The second-order valence-electron chi connectivity index (χ2n) is 5.34. The summed E-state index contributed by atoms with van der Waals surface area (Å²) in [6.45, 7) is 5.23. The Morgan fingerprint density at radius 2 is 1.78 bits per heavy atom. The first kappa shape index (κ1) is 14.7. The zero-order valence-corrected chi connectivity index (χ0v) is 11.0. The Morgan fingerprint density at radius 1 is 1.17 bits per heavy atom. The van der Waals surface area contributed by atoms with Gasteiger partial charge in [0.15, 0.2) is 0 Å². The molecule has 0 aliphatic heterocycles. The highest BCUT2D eigenvalue weighted by Gasteiger charge is 2.28. The molecule has 1 aliphatic rings. The largest absolute Gasteiger partial charge is 0.457 e. The topological polar surface area (TPSA) is 72.8 Å². The third-order valence-electron chi connectivity index (χ3n) is 2.45. The number of rotatable bonds is 3. The molecule has 1 fully saturated rings. The SMILES string of the molecule is CC(C)(C)OC(=O)/C=C/C(=O)O[C@H]1CCC[C@@H]1O. The lowest BCUT2D eigenvalue weighted by molar-refractivity contribution is -0.150. The lowest BCUT2D eigenvalue weighted by atomic mass is 10.2. The Kier molecular flexibility index (Phi) is 4.90. The number of carbonyl (C=O) groups is 2. The van der Waals surface area contributed by atoms with Crippen molar-refractivity contribution in [2.24, 2.45) is 0 Å². The number of ether oxygens (including phenoxy) is 2. The normalized spacial score (nSPS) is 24.2. The van der Waals surface area contributed by atoms with Gasteiger partial charge in [0, 0.05) is 12.2 Å². The predicted molar refractivity (Wildman–Crippen MR) is 64.7 cm³/mol. The maximum absolute atomic E-state index is 11.4. The minimum Gasteiger partial charge on any atom is -0.457 e. The highest BCUT2D eigenvalue weighted by atomic mass is 16.6. The van der Waals surface area contributed by atoms with E-state index in [1.165, 1.54) is 0 Å². The van der Waals surface area contributed by atoms with E-state index in [0.29, 0.717) is 12.8 Å². The van der Waals surface area contributed by atoms with Crippen LogP contribution in [0, 0.1) is 0 Å². The van der Waals surface area contributed by atoms with Gasteiger partial charge in [0.25, 0.3) is 0 Å². The molecule has 1 aliphatic carbocycles. The molecule has 0 aromatic heterocycles. The van der Waals surface area contributed by atoms with Crippen LogP contribution in [0.15, 0.2) is 12.2 Å². The highest BCUT2D eigenvalue weighted by molar-refractivity contribution is 5.91. The van der Waals surface area contributed by atoms with Crippen LogP contribution in [-0.2, 0) is 19.1 Å². The molecule has 1 N–H and O–H groups in total. The van der Waals surface area contributed by atoms with Gasteiger partial charge < -0.3 is 14.6 Å². The molecule has 102 valence electrons. The Hall–Kier alpha value is -1.36. The van der Waals surface area contributed by atoms with Gasteiger partial charge in [-0.05, 0) is 40.0 Å². The smallest absolute Gasteiger partial charge is 0.331 e. The van der Waals surface area contributed by atoms with E-state index in [2.05, 4.69) is 0 Å². The van der Waals surface area contributed by atoms with Crippen molar-refractivity contribution in [3.8, 4) is 0 Å². The van der Waals surface area contributed by atoms with Gasteiger partial charge in [-0.2, -0.15) is 0 Å². The fourth-order valence-electron chi connectivity index (χ4n) is 1.70.